The second kappa shape index (κ2) is 6.00. The summed E-state index contributed by atoms with van der Waals surface area (Å²) in [5, 5.41) is 2.94. The summed E-state index contributed by atoms with van der Waals surface area (Å²) in [6.07, 6.45) is 0.317. The summed E-state index contributed by atoms with van der Waals surface area (Å²) in [7, 11) is 0. The molecule has 0 saturated heterocycles. The number of hydrogen-bond donors (Lipinski definition) is 1. The molecule has 1 unspecified atom stereocenters. The Kier molecular flexibility index (Phi) is 4.08. The molecule has 0 spiro atoms. The third-order valence-corrected chi connectivity index (χ3v) is 4.27. The molecule has 0 aromatic heterocycles. The summed E-state index contributed by atoms with van der Waals surface area (Å²) in [5.74, 6) is -0.133. The van der Waals surface area contributed by atoms with Crippen molar-refractivity contribution >= 4 is 27.5 Å². The molecule has 0 fully saturated rings. The van der Waals surface area contributed by atoms with Crippen molar-refractivity contribution in [2.45, 2.75) is 19.4 Å². The van der Waals surface area contributed by atoms with Gasteiger partial charge in [0.1, 0.15) is 0 Å². The molecule has 1 N–H and O–H groups in total. The van der Waals surface area contributed by atoms with Crippen LogP contribution < -0.4 is 5.32 Å². The lowest BCUT2D eigenvalue weighted by Gasteiger charge is -2.25. The minimum atomic E-state index is -0.539. The molecule has 108 valence electrons. The molecule has 0 radical (unpaired) electrons. The van der Waals surface area contributed by atoms with Gasteiger partial charge in [-0.25, -0.2) is 0 Å². The van der Waals surface area contributed by atoms with Crippen molar-refractivity contribution in [1.29, 1.82) is 0 Å². The number of carbonyl (C=O) groups excluding carboxylic acids is 1. The lowest BCUT2D eigenvalue weighted by atomic mass is 9.97. The molecular weight excluding hydrogens is 330 g/mol. The Bertz CT molecular complexity index is 684. The number of fused-ring (bicyclic) bond motifs is 1. The molecule has 1 heterocycles. The summed E-state index contributed by atoms with van der Waals surface area (Å²) in [4.78, 5) is 12.5. The number of hydrogen-bond acceptors (Lipinski definition) is 2. The SMILES string of the molecule is Cc1ccc(NC(=O)C2OCCc3ccccc32)c(Br)c1. The average Bonchev–Trinajstić information content (AvgIpc) is 2.49. The maximum atomic E-state index is 12.5. The van der Waals surface area contributed by atoms with Gasteiger partial charge in [0.2, 0.25) is 0 Å². The molecule has 0 aliphatic carbocycles. The van der Waals surface area contributed by atoms with Gasteiger partial charge < -0.3 is 10.1 Å². The zero-order valence-electron chi connectivity index (χ0n) is 11.7. The van der Waals surface area contributed by atoms with Crippen LogP contribution in [0.2, 0.25) is 0 Å². The Hall–Kier alpha value is -1.65. The lowest BCUT2D eigenvalue weighted by Crippen LogP contribution is -2.28. The number of rotatable bonds is 2. The molecule has 2 aromatic rings. The van der Waals surface area contributed by atoms with E-state index in [1.165, 1.54) is 5.56 Å². The number of anilines is 1. The topological polar surface area (TPSA) is 38.3 Å². The number of nitrogens with one attached hydrogen (secondary N) is 1. The van der Waals surface area contributed by atoms with E-state index in [0.717, 1.165) is 27.7 Å². The third-order valence-electron chi connectivity index (χ3n) is 3.61. The molecule has 0 bridgehead atoms. The number of aryl methyl sites for hydroxylation is 1. The number of ether oxygens (including phenoxy) is 1. The highest BCUT2D eigenvalue weighted by Crippen LogP contribution is 2.30. The fourth-order valence-corrected chi connectivity index (χ4v) is 3.12. The van der Waals surface area contributed by atoms with E-state index in [9.17, 15) is 4.79 Å². The summed E-state index contributed by atoms with van der Waals surface area (Å²) < 4.78 is 6.55. The second-order valence-electron chi connectivity index (χ2n) is 5.17. The van der Waals surface area contributed by atoms with Gasteiger partial charge in [0, 0.05) is 4.47 Å². The summed E-state index contributed by atoms with van der Waals surface area (Å²) in [6, 6.07) is 13.8. The van der Waals surface area contributed by atoms with Gasteiger partial charge in [-0.2, -0.15) is 0 Å². The molecule has 21 heavy (non-hydrogen) atoms. The Labute approximate surface area is 132 Å². The molecule has 2 aromatic carbocycles. The van der Waals surface area contributed by atoms with E-state index >= 15 is 0 Å². The molecule has 3 nitrogen and oxygen atoms in total. The molecule has 0 saturated carbocycles. The van der Waals surface area contributed by atoms with Crippen LogP contribution in [0.3, 0.4) is 0 Å². The van der Waals surface area contributed by atoms with Crippen LogP contribution in [-0.2, 0) is 16.0 Å². The van der Waals surface area contributed by atoms with E-state index in [4.69, 9.17) is 4.74 Å². The highest BCUT2D eigenvalue weighted by atomic mass is 79.9. The van der Waals surface area contributed by atoms with Gasteiger partial charge in [0.15, 0.2) is 6.10 Å². The maximum absolute atomic E-state index is 12.5. The Morgan fingerprint density at radius 1 is 1.29 bits per heavy atom. The van der Waals surface area contributed by atoms with Gasteiger partial charge in [-0.15, -0.1) is 0 Å². The molecule has 4 heteroatoms. The zero-order chi connectivity index (χ0) is 14.8. The number of halogens is 1. The first-order valence-corrected chi connectivity index (χ1v) is 7.71. The van der Waals surface area contributed by atoms with Gasteiger partial charge in [-0.1, -0.05) is 30.3 Å². The largest absolute Gasteiger partial charge is 0.363 e. The van der Waals surface area contributed by atoms with Crippen LogP contribution >= 0.6 is 15.9 Å². The van der Waals surface area contributed by atoms with Crippen LogP contribution in [0, 0.1) is 6.92 Å². The number of carbonyl (C=O) groups is 1. The van der Waals surface area contributed by atoms with Crippen molar-refractivity contribution in [2.24, 2.45) is 0 Å². The van der Waals surface area contributed by atoms with E-state index in [1.807, 2.05) is 43.3 Å². The van der Waals surface area contributed by atoms with Crippen molar-refractivity contribution in [3.05, 3.63) is 63.6 Å². The lowest BCUT2D eigenvalue weighted by molar-refractivity contribution is -0.128. The van der Waals surface area contributed by atoms with Crippen LogP contribution in [-0.4, -0.2) is 12.5 Å². The van der Waals surface area contributed by atoms with Gasteiger partial charge in [0.25, 0.3) is 5.91 Å². The van der Waals surface area contributed by atoms with Crippen molar-refractivity contribution in [3.63, 3.8) is 0 Å². The number of benzene rings is 2. The fourth-order valence-electron chi connectivity index (χ4n) is 2.53. The Morgan fingerprint density at radius 3 is 2.90 bits per heavy atom. The Morgan fingerprint density at radius 2 is 2.10 bits per heavy atom. The summed E-state index contributed by atoms with van der Waals surface area (Å²) >= 11 is 3.48. The highest BCUT2D eigenvalue weighted by molar-refractivity contribution is 9.10. The molecule has 1 aliphatic rings. The van der Waals surface area contributed by atoms with Gasteiger partial charge in [-0.05, 0) is 58.1 Å². The zero-order valence-corrected chi connectivity index (χ0v) is 13.3. The predicted octanol–water partition coefficient (Wildman–Crippen LogP) is 4.01. The van der Waals surface area contributed by atoms with E-state index < -0.39 is 6.10 Å². The predicted molar refractivity (Wildman–Crippen MR) is 86.3 cm³/mol. The normalized spacial score (nSPS) is 17.1. The van der Waals surface area contributed by atoms with Crippen LogP contribution in [0.1, 0.15) is 22.8 Å². The van der Waals surface area contributed by atoms with Crippen LogP contribution in [0.15, 0.2) is 46.9 Å². The molecule has 3 rings (SSSR count). The smallest absolute Gasteiger partial charge is 0.258 e. The minimum absolute atomic E-state index is 0.133. The van der Waals surface area contributed by atoms with Gasteiger partial charge in [-0.3, -0.25) is 4.79 Å². The molecule has 1 aliphatic heterocycles. The van der Waals surface area contributed by atoms with Crippen LogP contribution in [0.4, 0.5) is 5.69 Å². The minimum Gasteiger partial charge on any atom is -0.363 e. The summed E-state index contributed by atoms with van der Waals surface area (Å²) in [5.41, 5.74) is 4.05. The van der Waals surface area contributed by atoms with Crippen molar-refractivity contribution in [3.8, 4) is 0 Å². The van der Waals surface area contributed by atoms with Gasteiger partial charge >= 0.3 is 0 Å². The van der Waals surface area contributed by atoms with Crippen LogP contribution in [0.5, 0.6) is 0 Å². The standard InChI is InChI=1S/C17H16BrNO2/c1-11-6-7-15(14(18)10-11)19-17(20)16-13-5-3-2-4-12(13)8-9-21-16/h2-7,10,16H,8-9H2,1H3,(H,19,20). The Balaban J connectivity index is 1.83. The van der Waals surface area contributed by atoms with E-state index in [0.29, 0.717) is 6.61 Å². The van der Waals surface area contributed by atoms with Crippen molar-refractivity contribution in [1.82, 2.24) is 0 Å². The van der Waals surface area contributed by atoms with Crippen LogP contribution in [0.25, 0.3) is 0 Å². The first-order chi connectivity index (χ1) is 10.1. The van der Waals surface area contributed by atoms with Gasteiger partial charge in [0.05, 0.1) is 12.3 Å². The van der Waals surface area contributed by atoms with Crippen molar-refractivity contribution < 1.29 is 9.53 Å². The van der Waals surface area contributed by atoms with E-state index in [1.54, 1.807) is 0 Å². The number of amides is 1. The quantitative estimate of drug-likeness (QED) is 0.892. The first-order valence-electron chi connectivity index (χ1n) is 6.91. The molecule has 1 amide bonds. The monoisotopic (exact) mass is 345 g/mol. The van der Waals surface area contributed by atoms with Crippen molar-refractivity contribution in [2.75, 3.05) is 11.9 Å². The fraction of sp³-hybridized carbons (Fsp3) is 0.235. The second-order valence-corrected chi connectivity index (χ2v) is 6.03. The summed E-state index contributed by atoms with van der Waals surface area (Å²) in [6.45, 7) is 2.58. The third kappa shape index (κ3) is 3.01. The average molecular weight is 346 g/mol. The molecular formula is C17H16BrNO2. The van der Waals surface area contributed by atoms with E-state index in [2.05, 4.69) is 27.3 Å². The highest BCUT2D eigenvalue weighted by Gasteiger charge is 2.27. The maximum Gasteiger partial charge on any atom is 0.258 e. The molecule has 1 atom stereocenters. The van der Waals surface area contributed by atoms with E-state index in [-0.39, 0.29) is 5.91 Å². The first kappa shape index (κ1) is 14.3.